The van der Waals surface area contributed by atoms with E-state index in [0.29, 0.717) is 29.6 Å². The highest BCUT2D eigenvalue weighted by atomic mass is 35.5. The highest BCUT2D eigenvalue weighted by Gasteiger charge is 2.31. The number of hydrogen-bond donors (Lipinski definition) is 1. The molecular formula is C11H11Cl2NO2. The number of benzene rings is 1. The molecule has 5 heteroatoms. The second-order valence-corrected chi connectivity index (χ2v) is 4.61. The van der Waals surface area contributed by atoms with Crippen LogP contribution in [0.25, 0.3) is 0 Å². The van der Waals surface area contributed by atoms with Crippen LogP contribution in [0.4, 0.5) is 5.69 Å². The first-order chi connectivity index (χ1) is 7.61. The molecule has 1 saturated heterocycles. The molecule has 1 unspecified atom stereocenters. The van der Waals surface area contributed by atoms with Gasteiger partial charge in [-0.2, -0.15) is 0 Å². The van der Waals surface area contributed by atoms with Crippen LogP contribution in [0.3, 0.4) is 0 Å². The van der Waals surface area contributed by atoms with Crippen LogP contribution in [-0.4, -0.2) is 23.4 Å². The molecule has 0 bridgehead atoms. The molecule has 0 radical (unpaired) electrons. The Kier molecular flexibility index (Phi) is 3.26. The van der Waals surface area contributed by atoms with Crippen LogP contribution in [0.15, 0.2) is 18.2 Å². The van der Waals surface area contributed by atoms with Crippen molar-refractivity contribution in [3.63, 3.8) is 0 Å². The monoisotopic (exact) mass is 259 g/mol. The van der Waals surface area contributed by atoms with Gasteiger partial charge in [0.05, 0.1) is 5.69 Å². The number of phenolic OH excluding ortho intramolecular Hbond substituents is 1. The van der Waals surface area contributed by atoms with Crippen molar-refractivity contribution in [3.8, 4) is 5.75 Å². The van der Waals surface area contributed by atoms with E-state index in [1.54, 1.807) is 12.1 Å². The van der Waals surface area contributed by atoms with E-state index < -0.39 is 0 Å². The molecule has 1 atom stereocenters. The summed E-state index contributed by atoms with van der Waals surface area (Å²) in [7, 11) is 0. The van der Waals surface area contributed by atoms with Crippen LogP contribution in [0.1, 0.15) is 6.42 Å². The zero-order valence-corrected chi connectivity index (χ0v) is 10.0. The van der Waals surface area contributed by atoms with Crippen molar-refractivity contribution in [2.45, 2.75) is 6.42 Å². The summed E-state index contributed by atoms with van der Waals surface area (Å²) in [4.78, 5) is 13.3. The van der Waals surface area contributed by atoms with Crippen LogP contribution in [-0.2, 0) is 4.79 Å². The van der Waals surface area contributed by atoms with E-state index in [4.69, 9.17) is 23.2 Å². The first-order valence-corrected chi connectivity index (χ1v) is 5.88. The fourth-order valence-corrected chi connectivity index (χ4v) is 2.20. The number of carbonyl (C=O) groups excluding carboxylic acids is 1. The summed E-state index contributed by atoms with van der Waals surface area (Å²) in [6.45, 7) is 0.538. The molecule has 3 nitrogen and oxygen atoms in total. The van der Waals surface area contributed by atoms with Gasteiger partial charge < -0.3 is 10.0 Å². The number of hydrogen-bond acceptors (Lipinski definition) is 2. The Hall–Kier alpha value is -0.930. The summed E-state index contributed by atoms with van der Waals surface area (Å²) >= 11 is 11.6. The Morgan fingerprint density at radius 3 is 2.88 bits per heavy atom. The standard InChI is InChI=1S/C11H11Cl2NO2/c12-5-7-3-11(16)14(6-7)9-4-8(13)1-2-10(9)15/h1-2,4,7,15H,3,5-6H2. The van der Waals surface area contributed by atoms with E-state index in [9.17, 15) is 9.90 Å². The highest BCUT2D eigenvalue weighted by molar-refractivity contribution is 6.31. The average Bonchev–Trinajstić information content (AvgIpc) is 2.63. The second kappa shape index (κ2) is 4.52. The summed E-state index contributed by atoms with van der Waals surface area (Å²) in [6.07, 6.45) is 0.426. The van der Waals surface area contributed by atoms with Crippen molar-refractivity contribution in [2.24, 2.45) is 5.92 Å². The van der Waals surface area contributed by atoms with Gasteiger partial charge in [0.1, 0.15) is 5.75 Å². The lowest BCUT2D eigenvalue weighted by Crippen LogP contribution is -2.24. The van der Waals surface area contributed by atoms with E-state index in [1.165, 1.54) is 11.0 Å². The van der Waals surface area contributed by atoms with Gasteiger partial charge in [-0.1, -0.05) is 11.6 Å². The molecule has 1 amide bonds. The maximum atomic E-state index is 11.7. The molecular weight excluding hydrogens is 249 g/mol. The van der Waals surface area contributed by atoms with Gasteiger partial charge in [0.25, 0.3) is 0 Å². The Bertz CT molecular complexity index is 422. The Morgan fingerprint density at radius 2 is 2.25 bits per heavy atom. The van der Waals surface area contributed by atoms with E-state index in [-0.39, 0.29) is 17.6 Å². The maximum Gasteiger partial charge on any atom is 0.227 e. The van der Waals surface area contributed by atoms with Gasteiger partial charge in [-0.05, 0) is 24.1 Å². The van der Waals surface area contributed by atoms with Gasteiger partial charge >= 0.3 is 0 Å². The Balaban J connectivity index is 2.30. The van der Waals surface area contributed by atoms with Crippen molar-refractivity contribution in [3.05, 3.63) is 23.2 Å². The lowest BCUT2D eigenvalue weighted by atomic mass is 10.1. The minimum Gasteiger partial charge on any atom is -0.506 e. The predicted octanol–water partition coefficient (Wildman–Crippen LogP) is 2.64. The molecule has 1 aromatic rings. The SMILES string of the molecule is O=C1CC(CCl)CN1c1cc(Cl)ccc1O. The number of aromatic hydroxyl groups is 1. The van der Waals surface area contributed by atoms with Crippen molar-refractivity contribution in [2.75, 3.05) is 17.3 Å². The normalized spacial score (nSPS) is 20.5. The smallest absolute Gasteiger partial charge is 0.227 e. The van der Waals surface area contributed by atoms with E-state index in [0.717, 1.165) is 0 Å². The van der Waals surface area contributed by atoms with Crippen LogP contribution >= 0.6 is 23.2 Å². The van der Waals surface area contributed by atoms with E-state index in [2.05, 4.69) is 0 Å². The third-order valence-corrected chi connectivity index (χ3v) is 3.32. The molecule has 1 heterocycles. The first-order valence-electron chi connectivity index (χ1n) is 4.96. The third kappa shape index (κ3) is 2.11. The molecule has 1 aromatic carbocycles. The van der Waals surface area contributed by atoms with E-state index >= 15 is 0 Å². The van der Waals surface area contributed by atoms with Crippen LogP contribution in [0, 0.1) is 5.92 Å². The first kappa shape index (κ1) is 11.6. The minimum absolute atomic E-state index is 0.0248. The zero-order chi connectivity index (χ0) is 11.7. The molecule has 0 saturated carbocycles. The number of carbonyl (C=O) groups is 1. The summed E-state index contributed by atoms with van der Waals surface area (Å²) in [5.74, 6) is 0.632. The summed E-state index contributed by atoms with van der Waals surface area (Å²) in [5.41, 5.74) is 0.463. The van der Waals surface area contributed by atoms with Gasteiger partial charge in [0, 0.05) is 23.9 Å². The minimum atomic E-state index is -0.0248. The lowest BCUT2D eigenvalue weighted by Gasteiger charge is -2.17. The molecule has 86 valence electrons. The number of amides is 1. The summed E-state index contributed by atoms with van der Waals surface area (Å²) in [5, 5.41) is 10.2. The van der Waals surface area contributed by atoms with Crippen molar-refractivity contribution in [1.82, 2.24) is 0 Å². The van der Waals surface area contributed by atoms with E-state index in [1.807, 2.05) is 0 Å². The molecule has 0 aromatic heterocycles. The Labute approximate surface area is 104 Å². The number of nitrogens with zero attached hydrogens (tertiary/aromatic N) is 1. The van der Waals surface area contributed by atoms with Crippen molar-refractivity contribution in [1.29, 1.82) is 0 Å². The number of rotatable bonds is 2. The summed E-state index contributed by atoms with van der Waals surface area (Å²) in [6, 6.07) is 4.66. The molecule has 1 aliphatic rings. The van der Waals surface area contributed by atoms with Crippen molar-refractivity contribution < 1.29 is 9.90 Å². The number of phenols is 1. The molecule has 1 N–H and O–H groups in total. The van der Waals surface area contributed by atoms with Gasteiger partial charge in [-0.3, -0.25) is 4.79 Å². The number of anilines is 1. The second-order valence-electron chi connectivity index (χ2n) is 3.86. The van der Waals surface area contributed by atoms with Gasteiger partial charge in [-0.15, -0.1) is 11.6 Å². The molecule has 0 aliphatic carbocycles. The van der Waals surface area contributed by atoms with Gasteiger partial charge in [0.2, 0.25) is 5.91 Å². The van der Waals surface area contributed by atoms with Gasteiger partial charge in [0.15, 0.2) is 0 Å². The van der Waals surface area contributed by atoms with Crippen molar-refractivity contribution >= 4 is 34.8 Å². The third-order valence-electron chi connectivity index (χ3n) is 2.65. The predicted molar refractivity (Wildman–Crippen MR) is 64.3 cm³/mol. The lowest BCUT2D eigenvalue weighted by molar-refractivity contribution is -0.117. The largest absolute Gasteiger partial charge is 0.506 e. The number of alkyl halides is 1. The molecule has 0 spiro atoms. The quantitative estimate of drug-likeness (QED) is 0.830. The average molecular weight is 260 g/mol. The summed E-state index contributed by atoms with van der Waals surface area (Å²) < 4.78 is 0. The molecule has 16 heavy (non-hydrogen) atoms. The molecule has 2 rings (SSSR count). The van der Waals surface area contributed by atoms with Crippen LogP contribution in [0.5, 0.6) is 5.75 Å². The van der Waals surface area contributed by atoms with Crippen LogP contribution in [0.2, 0.25) is 5.02 Å². The fraction of sp³-hybridized carbons (Fsp3) is 0.364. The Morgan fingerprint density at radius 1 is 1.50 bits per heavy atom. The molecule has 1 aliphatic heterocycles. The van der Waals surface area contributed by atoms with Crippen LogP contribution < -0.4 is 4.90 Å². The highest BCUT2D eigenvalue weighted by Crippen LogP contribution is 2.34. The zero-order valence-electron chi connectivity index (χ0n) is 8.49. The maximum absolute atomic E-state index is 11.7. The topological polar surface area (TPSA) is 40.5 Å². The molecule has 1 fully saturated rings. The fourth-order valence-electron chi connectivity index (χ4n) is 1.83. The van der Waals surface area contributed by atoms with Gasteiger partial charge in [-0.25, -0.2) is 0 Å². The number of halogens is 2.